The summed E-state index contributed by atoms with van der Waals surface area (Å²) >= 11 is 2.29. The molecule has 2 N–H and O–H groups in total. The van der Waals surface area contributed by atoms with Gasteiger partial charge in [-0.15, -0.1) is 0 Å². The van der Waals surface area contributed by atoms with E-state index in [9.17, 15) is 4.39 Å². The fourth-order valence-electron chi connectivity index (χ4n) is 2.22. The van der Waals surface area contributed by atoms with E-state index in [0.717, 1.165) is 12.0 Å². The van der Waals surface area contributed by atoms with Gasteiger partial charge in [-0.05, 0) is 64.4 Å². The van der Waals surface area contributed by atoms with Crippen molar-refractivity contribution in [2.24, 2.45) is 5.73 Å². The Labute approximate surface area is 133 Å². The van der Waals surface area contributed by atoms with Crippen molar-refractivity contribution in [3.63, 3.8) is 0 Å². The second-order valence-electron chi connectivity index (χ2n) is 5.67. The van der Waals surface area contributed by atoms with Crippen molar-refractivity contribution in [3.8, 4) is 0 Å². The highest BCUT2D eigenvalue weighted by molar-refractivity contribution is 14.1. The summed E-state index contributed by atoms with van der Waals surface area (Å²) in [6.07, 6.45) is 0.807. The first-order valence-corrected chi connectivity index (χ1v) is 7.73. The summed E-state index contributed by atoms with van der Waals surface area (Å²) in [6.45, 7) is 4.22. The van der Waals surface area contributed by atoms with Gasteiger partial charge in [0.15, 0.2) is 0 Å². The van der Waals surface area contributed by atoms with Crippen molar-refractivity contribution in [2.45, 2.75) is 31.7 Å². The average Bonchev–Trinajstić information content (AvgIpc) is 2.42. The Hall–Kier alpha value is -0.940. The van der Waals surface area contributed by atoms with E-state index >= 15 is 0 Å². The number of halogens is 2. The molecule has 0 aliphatic heterocycles. The van der Waals surface area contributed by atoms with Crippen molar-refractivity contribution >= 4 is 22.6 Å². The zero-order valence-corrected chi connectivity index (χ0v) is 13.9. The van der Waals surface area contributed by atoms with Crippen LogP contribution >= 0.6 is 22.6 Å². The lowest BCUT2D eigenvalue weighted by Crippen LogP contribution is -2.42. The molecule has 0 aliphatic rings. The van der Waals surface area contributed by atoms with Crippen molar-refractivity contribution in [1.29, 1.82) is 0 Å². The number of rotatable bonds is 4. The molecule has 0 heterocycles. The molecule has 20 heavy (non-hydrogen) atoms. The zero-order chi connectivity index (χ0) is 14.8. The van der Waals surface area contributed by atoms with Gasteiger partial charge >= 0.3 is 0 Å². The fourth-order valence-corrected chi connectivity index (χ4v) is 2.58. The molecular weight excluding hydrogens is 364 g/mol. The van der Waals surface area contributed by atoms with Crippen LogP contribution in [-0.2, 0) is 11.8 Å². The molecule has 106 valence electrons. The molecular formula is C17H19FIN. The summed E-state index contributed by atoms with van der Waals surface area (Å²) in [4.78, 5) is 0. The van der Waals surface area contributed by atoms with Crippen LogP contribution in [0.2, 0.25) is 0 Å². The van der Waals surface area contributed by atoms with Gasteiger partial charge in [0.2, 0.25) is 0 Å². The molecule has 0 fully saturated rings. The number of hydrogen-bond donors (Lipinski definition) is 1. The van der Waals surface area contributed by atoms with Crippen LogP contribution in [0.5, 0.6) is 0 Å². The van der Waals surface area contributed by atoms with Crippen molar-refractivity contribution in [2.75, 3.05) is 0 Å². The van der Waals surface area contributed by atoms with Crippen LogP contribution in [-0.4, -0.2) is 6.04 Å². The molecule has 1 unspecified atom stereocenters. The van der Waals surface area contributed by atoms with Crippen LogP contribution in [0.15, 0.2) is 48.5 Å². The van der Waals surface area contributed by atoms with Crippen LogP contribution in [0.1, 0.15) is 25.0 Å². The minimum atomic E-state index is -0.212. The van der Waals surface area contributed by atoms with E-state index in [-0.39, 0.29) is 17.3 Å². The van der Waals surface area contributed by atoms with E-state index in [4.69, 9.17) is 5.73 Å². The minimum absolute atomic E-state index is 0.0203. The predicted molar refractivity (Wildman–Crippen MR) is 90.3 cm³/mol. The van der Waals surface area contributed by atoms with Gasteiger partial charge in [-0.25, -0.2) is 4.39 Å². The SMILES string of the molecule is CC(C)(c1ccc(F)cc1)C(N)Cc1ccc(I)cc1. The highest BCUT2D eigenvalue weighted by Crippen LogP contribution is 2.28. The molecule has 0 amide bonds. The number of nitrogens with two attached hydrogens (primary N) is 1. The number of hydrogen-bond acceptors (Lipinski definition) is 1. The Bertz CT molecular complexity index is 561. The van der Waals surface area contributed by atoms with Crippen molar-refractivity contribution in [1.82, 2.24) is 0 Å². The average molecular weight is 383 g/mol. The Balaban J connectivity index is 2.16. The molecule has 3 heteroatoms. The molecule has 2 aromatic rings. The molecule has 0 radical (unpaired) electrons. The summed E-state index contributed by atoms with van der Waals surface area (Å²) in [5.74, 6) is -0.212. The third-order valence-corrected chi connectivity index (χ3v) is 4.60. The highest BCUT2D eigenvalue weighted by Gasteiger charge is 2.28. The quantitative estimate of drug-likeness (QED) is 0.784. The Morgan fingerprint density at radius 2 is 1.60 bits per heavy atom. The maximum atomic E-state index is 13.0. The second-order valence-corrected chi connectivity index (χ2v) is 6.91. The minimum Gasteiger partial charge on any atom is -0.327 e. The molecule has 0 spiro atoms. The Morgan fingerprint density at radius 1 is 1.05 bits per heavy atom. The van der Waals surface area contributed by atoms with E-state index in [2.05, 4.69) is 60.7 Å². The van der Waals surface area contributed by atoms with Gasteiger partial charge in [-0.2, -0.15) is 0 Å². The van der Waals surface area contributed by atoms with Gasteiger partial charge in [0.25, 0.3) is 0 Å². The van der Waals surface area contributed by atoms with Gasteiger partial charge in [0.05, 0.1) is 0 Å². The van der Waals surface area contributed by atoms with Crippen molar-refractivity contribution in [3.05, 3.63) is 69.0 Å². The number of benzene rings is 2. The van der Waals surface area contributed by atoms with E-state index in [0.29, 0.717) is 0 Å². The molecule has 0 saturated carbocycles. The molecule has 1 atom stereocenters. The lowest BCUT2D eigenvalue weighted by molar-refractivity contribution is 0.406. The van der Waals surface area contributed by atoms with E-state index in [1.165, 1.54) is 21.3 Å². The standard InChI is InChI=1S/C17H19FIN/c1-17(2,13-5-7-14(18)8-6-13)16(20)11-12-3-9-15(19)10-4-12/h3-10,16H,11,20H2,1-2H3. The highest BCUT2D eigenvalue weighted by atomic mass is 127. The van der Waals surface area contributed by atoms with Gasteiger partial charge in [0.1, 0.15) is 5.82 Å². The van der Waals surface area contributed by atoms with Crippen molar-refractivity contribution < 1.29 is 4.39 Å². The molecule has 0 bridgehead atoms. The monoisotopic (exact) mass is 383 g/mol. The van der Waals surface area contributed by atoms with E-state index in [1.54, 1.807) is 0 Å². The lowest BCUT2D eigenvalue weighted by atomic mass is 9.76. The van der Waals surface area contributed by atoms with Gasteiger partial charge < -0.3 is 5.73 Å². The largest absolute Gasteiger partial charge is 0.327 e. The zero-order valence-electron chi connectivity index (χ0n) is 11.7. The molecule has 1 nitrogen and oxygen atoms in total. The third-order valence-electron chi connectivity index (χ3n) is 3.88. The summed E-state index contributed by atoms with van der Waals surface area (Å²) in [7, 11) is 0. The summed E-state index contributed by atoms with van der Waals surface area (Å²) < 4.78 is 14.2. The lowest BCUT2D eigenvalue weighted by Gasteiger charge is -2.32. The third kappa shape index (κ3) is 3.58. The molecule has 0 aliphatic carbocycles. The van der Waals surface area contributed by atoms with E-state index < -0.39 is 0 Å². The molecule has 2 rings (SSSR count). The van der Waals surface area contributed by atoms with Crippen LogP contribution < -0.4 is 5.73 Å². The Kier molecular flexibility index (Phi) is 4.81. The first-order chi connectivity index (χ1) is 9.39. The topological polar surface area (TPSA) is 26.0 Å². The first-order valence-electron chi connectivity index (χ1n) is 6.65. The summed E-state index contributed by atoms with van der Waals surface area (Å²) in [6, 6.07) is 15.0. The van der Waals surface area contributed by atoms with Crippen LogP contribution in [0.3, 0.4) is 0 Å². The Morgan fingerprint density at radius 3 is 2.15 bits per heavy atom. The first kappa shape index (κ1) is 15.4. The molecule has 2 aromatic carbocycles. The summed E-state index contributed by atoms with van der Waals surface area (Å²) in [5.41, 5.74) is 8.49. The van der Waals surface area contributed by atoms with Gasteiger partial charge in [-0.3, -0.25) is 0 Å². The second kappa shape index (κ2) is 6.22. The molecule has 0 saturated heterocycles. The van der Waals surface area contributed by atoms with Crippen LogP contribution in [0.4, 0.5) is 4.39 Å². The summed E-state index contributed by atoms with van der Waals surface area (Å²) in [5, 5.41) is 0. The fraction of sp³-hybridized carbons (Fsp3) is 0.294. The predicted octanol–water partition coefficient (Wildman–Crippen LogP) is 4.28. The van der Waals surface area contributed by atoms with Gasteiger partial charge in [-0.1, -0.05) is 38.1 Å². The van der Waals surface area contributed by atoms with Gasteiger partial charge in [0, 0.05) is 15.0 Å². The maximum absolute atomic E-state index is 13.0. The van der Waals surface area contributed by atoms with Crippen LogP contribution in [0, 0.1) is 9.39 Å². The van der Waals surface area contributed by atoms with E-state index in [1.807, 2.05) is 12.1 Å². The molecule has 0 aromatic heterocycles. The smallest absolute Gasteiger partial charge is 0.123 e. The maximum Gasteiger partial charge on any atom is 0.123 e. The normalized spacial score (nSPS) is 13.2. The van der Waals surface area contributed by atoms with Crippen LogP contribution in [0.25, 0.3) is 0 Å².